The third-order valence-corrected chi connectivity index (χ3v) is 3.35. The van der Waals surface area contributed by atoms with Crippen molar-refractivity contribution in [1.29, 1.82) is 0 Å². The minimum absolute atomic E-state index is 0.693. The van der Waals surface area contributed by atoms with Crippen molar-refractivity contribution in [3.8, 4) is 22.6 Å². The molecule has 22 heavy (non-hydrogen) atoms. The van der Waals surface area contributed by atoms with Crippen molar-refractivity contribution in [3.05, 3.63) is 47.5 Å². The predicted octanol–water partition coefficient (Wildman–Crippen LogP) is 3.57. The fourth-order valence-corrected chi connectivity index (χ4v) is 2.16. The summed E-state index contributed by atoms with van der Waals surface area (Å²) in [5.74, 6) is 1.40. The zero-order valence-corrected chi connectivity index (χ0v) is 13.8. The lowest BCUT2D eigenvalue weighted by Gasteiger charge is -2.14. The molecule has 0 atom stereocenters. The van der Waals surface area contributed by atoms with Crippen molar-refractivity contribution in [2.45, 2.75) is 6.92 Å². The molecule has 116 valence electrons. The van der Waals surface area contributed by atoms with Gasteiger partial charge in [0.15, 0.2) is 11.5 Å². The number of hydrogen-bond acceptors (Lipinski definition) is 4. The van der Waals surface area contributed by atoms with Crippen LogP contribution in [0, 0.1) is 6.92 Å². The van der Waals surface area contributed by atoms with E-state index >= 15 is 0 Å². The fraction of sp³-hybridized carbons (Fsp3) is 0.278. The molecule has 0 saturated heterocycles. The van der Waals surface area contributed by atoms with Crippen LogP contribution in [0.15, 0.2) is 41.5 Å². The molecule has 0 saturated carbocycles. The van der Waals surface area contributed by atoms with E-state index < -0.39 is 0 Å². The van der Waals surface area contributed by atoms with Gasteiger partial charge in [-0.25, -0.2) is 0 Å². The summed E-state index contributed by atoms with van der Waals surface area (Å²) in [6.45, 7) is 2.08. The largest absolute Gasteiger partial charge is 0.493 e. The van der Waals surface area contributed by atoms with Gasteiger partial charge in [-0.15, -0.1) is 0 Å². The average Bonchev–Trinajstić information content (AvgIpc) is 2.52. The van der Waals surface area contributed by atoms with E-state index in [0.717, 1.165) is 16.7 Å². The first kappa shape index (κ1) is 15.9. The standard InChI is InChI=1S/C18H22N2O2/c1-13-6-8-14(9-7-13)16-11-18(22-5)17(21-4)10-15(16)12-19-20(2)3/h6-12H,1-5H3/b19-12+. The number of methoxy groups -OCH3 is 2. The van der Waals surface area contributed by atoms with Gasteiger partial charge >= 0.3 is 0 Å². The van der Waals surface area contributed by atoms with Gasteiger partial charge in [0.25, 0.3) is 0 Å². The minimum atomic E-state index is 0.693. The molecule has 0 amide bonds. The summed E-state index contributed by atoms with van der Waals surface area (Å²) in [5.41, 5.74) is 4.39. The number of benzene rings is 2. The van der Waals surface area contributed by atoms with Crippen molar-refractivity contribution in [3.63, 3.8) is 0 Å². The number of hydrogen-bond donors (Lipinski definition) is 0. The van der Waals surface area contributed by atoms with Crippen LogP contribution in [-0.2, 0) is 0 Å². The second-order valence-electron chi connectivity index (χ2n) is 5.25. The van der Waals surface area contributed by atoms with E-state index in [-0.39, 0.29) is 0 Å². The van der Waals surface area contributed by atoms with Crippen LogP contribution in [0.2, 0.25) is 0 Å². The number of nitrogens with zero attached hydrogens (tertiary/aromatic N) is 2. The molecule has 0 unspecified atom stereocenters. The normalized spacial score (nSPS) is 10.8. The Kier molecular flexibility index (Phi) is 5.04. The first-order valence-electron chi connectivity index (χ1n) is 7.09. The maximum absolute atomic E-state index is 5.42. The monoisotopic (exact) mass is 298 g/mol. The quantitative estimate of drug-likeness (QED) is 0.625. The highest BCUT2D eigenvalue weighted by atomic mass is 16.5. The van der Waals surface area contributed by atoms with Crippen LogP contribution < -0.4 is 9.47 Å². The Bertz CT molecular complexity index is 662. The zero-order valence-electron chi connectivity index (χ0n) is 13.8. The Labute approximate surface area is 132 Å². The van der Waals surface area contributed by atoms with Gasteiger partial charge in [0.1, 0.15) is 0 Å². The number of rotatable bonds is 5. The van der Waals surface area contributed by atoms with Crippen LogP contribution in [0.4, 0.5) is 0 Å². The molecule has 0 radical (unpaired) electrons. The molecule has 4 heteroatoms. The molecule has 0 N–H and O–H groups in total. The maximum atomic E-state index is 5.42. The molecule has 0 bridgehead atoms. The topological polar surface area (TPSA) is 34.1 Å². The Morgan fingerprint density at radius 3 is 2.09 bits per heavy atom. The van der Waals surface area contributed by atoms with E-state index in [2.05, 4.69) is 36.3 Å². The van der Waals surface area contributed by atoms with E-state index in [1.165, 1.54) is 5.56 Å². The second-order valence-corrected chi connectivity index (χ2v) is 5.25. The van der Waals surface area contributed by atoms with Gasteiger partial charge in [-0.1, -0.05) is 29.8 Å². The van der Waals surface area contributed by atoms with Gasteiger partial charge in [0.2, 0.25) is 0 Å². The van der Waals surface area contributed by atoms with Crippen LogP contribution in [0.1, 0.15) is 11.1 Å². The fourth-order valence-electron chi connectivity index (χ4n) is 2.16. The van der Waals surface area contributed by atoms with Crippen molar-refractivity contribution < 1.29 is 9.47 Å². The van der Waals surface area contributed by atoms with E-state index in [1.54, 1.807) is 19.2 Å². The smallest absolute Gasteiger partial charge is 0.161 e. The van der Waals surface area contributed by atoms with Crippen molar-refractivity contribution in [2.75, 3.05) is 28.3 Å². The summed E-state index contributed by atoms with van der Waals surface area (Å²) in [6.07, 6.45) is 1.83. The lowest BCUT2D eigenvalue weighted by molar-refractivity contribution is 0.355. The summed E-state index contributed by atoms with van der Waals surface area (Å²) < 4.78 is 10.8. The molecule has 0 fully saturated rings. The highest BCUT2D eigenvalue weighted by Crippen LogP contribution is 2.35. The van der Waals surface area contributed by atoms with Crippen molar-refractivity contribution in [1.82, 2.24) is 5.01 Å². The SMILES string of the molecule is COc1cc(/C=N/N(C)C)c(-c2ccc(C)cc2)cc1OC. The Hall–Kier alpha value is -2.49. The first-order chi connectivity index (χ1) is 10.5. The van der Waals surface area contributed by atoms with Crippen molar-refractivity contribution in [2.24, 2.45) is 5.10 Å². The lowest BCUT2D eigenvalue weighted by Crippen LogP contribution is -2.03. The molecule has 0 aliphatic carbocycles. The third-order valence-electron chi connectivity index (χ3n) is 3.35. The number of ether oxygens (including phenoxy) is 2. The third kappa shape index (κ3) is 3.58. The first-order valence-corrected chi connectivity index (χ1v) is 7.09. The molecular weight excluding hydrogens is 276 g/mol. The van der Waals surface area contributed by atoms with Crippen LogP contribution in [0.25, 0.3) is 11.1 Å². The van der Waals surface area contributed by atoms with Gasteiger partial charge in [0.05, 0.1) is 20.4 Å². The highest BCUT2D eigenvalue weighted by molar-refractivity contribution is 5.92. The molecule has 2 rings (SSSR count). The van der Waals surface area contributed by atoms with Gasteiger partial charge in [-0.2, -0.15) is 5.10 Å². The van der Waals surface area contributed by atoms with E-state index in [0.29, 0.717) is 11.5 Å². The Morgan fingerprint density at radius 1 is 0.955 bits per heavy atom. The molecule has 0 heterocycles. The minimum Gasteiger partial charge on any atom is -0.493 e. The summed E-state index contributed by atoms with van der Waals surface area (Å²) in [7, 11) is 7.06. The van der Waals surface area contributed by atoms with E-state index in [9.17, 15) is 0 Å². The molecule has 4 nitrogen and oxygen atoms in total. The second kappa shape index (κ2) is 6.98. The van der Waals surface area contributed by atoms with Crippen LogP contribution in [0.5, 0.6) is 11.5 Å². The molecule has 0 aliphatic rings. The predicted molar refractivity (Wildman–Crippen MR) is 91.0 cm³/mol. The van der Waals surface area contributed by atoms with Crippen LogP contribution in [-0.4, -0.2) is 39.5 Å². The molecule has 0 spiro atoms. The van der Waals surface area contributed by atoms with Gasteiger partial charge < -0.3 is 14.5 Å². The molecule has 2 aromatic carbocycles. The number of aryl methyl sites for hydroxylation is 1. The van der Waals surface area contributed by atoms with E-state index in [4.69, 9.17) is 9.47 Å². The summed E-state index contributed by atoms with van der Waals surface area (Å²) >= 11 is 0. The average molecular weight is 298 g/mol. The molecular formula is C18H22N2O2. The zero-order chi connectivity index (χ0) is 16.1. The van der Waals surface area contributed by atoms with Gasteiger partial charge in [-0.3, -0.25) is 0 Å². The summed E-state index contributed by atoms with van der Waals surface area (Å²) in [5, 5.41) is 6.10. The molecule has 0 aliphatic heterocycles. The summed E-state index contributed by atoms with van der Waals surface area (Å²) in [4.78, 5) is 0. The summed E-state index contributed by atoms with van der Waals surface area (Å²) in [6, 6.07) is 12.3. The van der Waals surface area contributed by atoms with Crippen LogP contribution in [0.3, 0.4) is 0 Å². The van der Waals surface area contributed by atoms with Gasteiger partial charge in [-0.05, 0) is 30.2 Å². The highest BCUT2D eigenvalue weighted by Gasteiger charge is 2.11. The molecule has 0 aromatic heterocycles. The molecule has 2 aromatic rings. The van der Waals surface area contributed by atoms with Gasteiger partial charge in [0, 0.05) is 19.7 Å². The van der Waals surface area contributed by atoms with Crippen LogP contribution >= 0.6 is 0 Å². The lowest BCUT2D eigenvalue weighted by atomic mass is 9.98. The maximum Gasteiger partial charge on any atom is 0.161 e. The number of hydrazone groups is 1. The Morgan fingerprint density at radius 2 is 1.55 bits per heavy atom. The van der Waals surface area contributed by atoms with E-state index in [1.807, 2.05) is 32.4 Å². The van der Waals surface area contributed by atoms with Crippen molar-refractivity contribution >= 4 is 6.21 Å². The Balaban J connectivity index is 2.60.